The van der Waals surface area contributed by atoms with Crippen molar-refractivity contribution in [2.24, 2.45) is 17.0 Å². The number of hydrogen-bond donors (Lipinski definition) is 1. The van der Waals surface area contributed by atoms with Gasteiger partial charge in [-0.2, -0.15) is 0 Å². The van der Waals surface area contributed by atoms with Gasteiger partial charge in [-0.1, -0.05) is 49.3 Å². The van der Waals surface area contributed by atoms with Crippen LogP contribution >= 0.6 is 0 Å². The normalized spacial score (nSPS) is 16.4. The number of carbonyl (C=O) groups is 2. The molecule has 2 rings (SSSR count). The topological polar surface area (TPSA) is 94.4 Å². The molecule has 0 saturated heterocycles. The van der Waals surface area contributed by atoms with Gasteiger partial charge in [-0.15, -0.1) is 0 Å². The zero-order chi connectivity index (χ0) is 23.0. The summed E-state index contributed by atoms with van der Waals surface area (Å²) in [5.41, 5.74) is 3.71. The van der Waals surface area contributed by atoms with E-state index in [0.717, 1.165) is 17.6 Å². The van der Waals surface area contributed by atoms with Crippen LogP contribution in [0.25, 0.3) is 5.57 Å². The van der Waals surface area contributed by atoms with Gasteiger partial charge in [-0.05, 0) is 42.4 Å². The Balaban J connectivity index is 1.94. The van der Waals surface area contributed by atoms with Gasteiger partial charge in [0.1, 0.15) is 6.10 Å². The molecule has 170 valence electrons. The summed E-state index contributed by atoms with van der Waals surface area (Å²) in [5.74, 6) is -1.19. The Kier molecular flexibility index (Phi) is 9.40. The first-order valence-electron chi connectivity index (χ1n) is 10.5. The van der Waals surface area contributed by atoms with Crippen LogP contribution in [0.1, 0.15) is 44.7 Å². The highest BCUT2D eigenvalue weighted by Crippen LogP contribution is 2.33. The number of benzene rings is 1. The smallest absolute Gasteiger partial charge is 0.309 e. The van der Waals surface area contributed by atoms with E-state index < -0.39 is 24.1 Å². The minimum atomic E-state index is -0.933. The summed E-state index contributed by atoms with van der Waals surface area (Å²) in [6.07, 6.45) is 1.99. The quantitative estimate of drug-likeness (QED) is 0.310. The van der Waals surface area contributed by atoms with Crippen LogP contribution in [0.5, 0.6) is 0 Å². The zero-order valence-corrected chi connectivity index (χ0v) is 19.0. The van der Waals surface area contributed by atoms with Crippen LogP contribution in [0, 0.1) is 11.8 Å². The van der Waals surface area contributed by atoms with E-state index in [0.29, 0.717) is 12.1 Å². The van der Waals surface area contributed by atoms with Gasteiger partial charge in [0.05, 0.1) is 24.8 Å². The maximum Gasteiger partial charge on any atom is 0.309 e. The van der Waals surface area contributed by atoms with Crippen molar-refractivity contribution in [3.63, 3.8) is 0 Å². The van der Waals surface area contributed by atoms with Gasteiger partial charge in [0, 0.05) is 13.5 Å². The van der Waals surface area contributed by atoms with Gasteiger partial charge in [0.2, 0.25) is 0 Å². The fourth-order valence-corrected chi connectivity index (χ4v) is 3.82. The number of esters is 1. The Labute approximate surface area is 184 Å². The molecular weight excluding hydrogens is 398 g/mol. The SMILES string of the molecule is COC(=O)[C@@H](CC(=O)CO/N=C(\C)[C@H](O)C(OC)C(C)C)CC1=CCc2ccccc21. The monoisotopic (exact) mass is 431 g/mol. The molecule has 3 atom stereocenters. The van der Waals surface area contributed by atoms with Crippen LogP contribution in [-0.2, 0) is 30.3 Å². The summed E-state index contributed by atoms with van der Waals surface area (Å²) in [6, 6.07) is 8.05. The summed E-state index contributed by atoms with van der Waals surface area (Å²) in [7, 11) is 2.85. The molecule has 1 aliphatic carbocycles. The molecular formula is C24H33NO6. The predicted octanol–water partition coefficient (Wildman–Crippen LogP) is 3.19. The van der Waals surface area contributed by atoms with Crippen LogP contribution in [0.15, 0.2) is 35.5 Å². The highest BCUT2D eigenvalue weighted by atomic mass is 16.6. The maximum absolute atomic E-state index is 12.4. The third-order valence-corrected chi connectivity index (χ3v) is 5.51. The highest BCUT2D eigenvalue weighted by molar-refractivity contribution is 5.88. The minimum absolute atomic E-state index is 0.00398. The zero-order valence-electron chi connectivity index (χ0n) is 19.0. The predicted molar refractivity (Wildman–Crippen MR) is 119 cm³/mol. The summed E-state index contributed by atoms with van der Waals surface area (Å²) >= 11 is 0. The largest absolute Gasteiger partial charge is 0.469 e. The fourth-order valence-electron chi connectivity index (χ4n) is 3.82. The number of nitrogens with zero attached hydrogens (tertiary/aromatic N) is 1. The Bertz CT molecular complexity index is 829. The number of oxime groups is 1. The number of rotatable bonds is 12. The number of aliphatic hydroxyl groups is 1. The molecule has 0 heterocycles. The molecule has 0 saturated carbocycles. The van der Waals surface area contributed by atoms with E-state index in [1.54, 1.807) is 6.92 Å². The number of Topliss-reactive ketones (excluding diaryl/α,β-unsaturated/α-hetero) is 1. The Morgan fingerprint density at radius 1 is 1.19 bits per heavy atom. The number of aliphatic hydroxyl groups excluding tert-OH is 1. The standard InChI is InChI=1S/C24H33NO6/c1-15(2)23(29-4)22(27)16(3)25-31-14-20(26)13-19(24(28)30-5)12-18-11-10-17-8-6-7-9-21(17)18/h6-9,11,15,19,22-23,27H,10,12-14H2,1-5H3/b25-16+/t19-,22+,23?/m1/s1. The van der Waals surface area contributed by atoms with Gasteiger partial charge in [0.25, 0.3) is 0 Å². The minimum Gasteiger partial charge on any atom is -0.469 e. The highest BCUT2D eigenvalue weighted by Gasteiger charge is 2.27. The number of carbonyl (C=O) groups excluding carboxylic acids is 2. The van der Waals surface area contributed by atoms with Crippen molar-refractivity contribution >= 4 is 23.0 Å². The van der Waals surface area contributed by atoms with Gasteiger partial charge in [-0.25, -0.2) is 0 Å². The van der Waals surface area contributed by atoms with Crippen molar-refractivity contribution in [2.45, 2.75) is 52.2 Å². The van der Waals surface area contributed by atoms with E-state index >= 15 is 0 Å². The van der Waals surface area contributed by atoms with Crippen LogP contribution in [0.4, 0.5) is 0 Å². The number of allylic oxidation sites excluding steroid dienone is 2. The van der Waals surface area contributed by atoms with Crippen molar-refractivity contribution in [2.75, 3.05) is 20.8 Å². The molecule has 7 nitrogen and oxygen atoms in total. The molecule has 1 aliphatic rings. The molecule has 0 aliphatic heterocycles. The van der Waals surface area contributed by atoms with Crippen molar-refractivity contribution in [3.05, 3.63) is 41.5 Å². The number of hydrogen-bond acceptors (Lipinski definition) is 7. The fraction of sp³-hybridized carbons (Fsp3) is 0.542. The van der Waals surface area contributed by atoms with Gasteiger partial charge < -0.3 is 19.4 Å². The van der Waals surface area contributed by atoms with Crippen LogP contribution < -0.4 is 0 Å². The average molecular weight is 432 g/mol. The Hall–Kier alpha value is -2.51. The van der Waals surface area contributed by atoms with Gasteiger partial charge in [0.15, 0.2) is 12.4 Å². The molecule has 31 heavy (non-hydrogen) atoms. The first-order chi connectivity index (χ1) is 14.8. The summed E-state index contributed by atoms with van der Waals surface area (Å²) in [6.45, 7) is 5.19. The number of fused-ring (bicyclic) bond motifs is 1. The van der Waals surface area contributed by atoms with Crippen molar-refractivity contribution in [3.8, 4) is 0 Å². The van der Waals surface area contributed by atoms with Crippen LogP contribution in [0.2, 0.25) is 0 Å². The summed E-state index contributed by atoms with van der Waals surface area (Å²) in [5, 5.41) is 14.2. The molecule has 0 fully saturated rings. The molecule has 0 spiro atoms. The van der Waals surface area contributed by atoms with E-state index in [2.05, 4.69) is 17.3 Å². The van der Waals surface area contributed by atoms with E-state index in [4.69, 9.17) is 14.3 Å². The molecule has 1 unspecified atom stereocenters. The number of ether oxygens (including phenoxy) is 2. The summed E-state index contributed by atoms with van der Waals surface area (Å²) < 4.78 is 10.2. The molecule has 1 N–H and O–H groups in total. The van der Waals surface area contributed by atoms with Gasteiger partial charge in [-0.3, -0.25) is 9.59 Å². The summed E-state index contributed by atoms with van der Waals surface area (Å²) in [4.78, 5) is 29.9. The van der Waals surface area contributed by atoms with E-state index in [1.807, 2.05) is 32.0 Å². The number of ketones is 1. The molecule has 1 aromatic carbocycles. The van der Waals surface area contributed by atoms with Crippen molar-refractivity contribution in [1.82, 2.24) is 0 Å². The molecule has 0 bridgehead atoms. The third kappa shape index (κ3) is 6.74. The Morgan fingerprint density at radius 3 is 2.55 bits per heavy atom. The van der Waals surface area contributed by atoms with Crippen molar-refractivity contribution < 1.29 is 29.0 Å². The second-order valence-corrected chi connectivity index (χ2v) is 8.15. The van der Waals surface area contributed by atoms with Crippen LogP contribution in [0.3, 0.4) is 0 Å². The molecule has 0 radical (unpaired) electrons. The lowest BCUT2D eigenvalue weighted by Gasteiger charge is -2.24. The third-order valence-electron chi connectivity index (χ3n) is 5.51. The molecule has 1 aromatic rings. The lowest BCUT2D eigenvalue weighted by atomic mass is 9.91. The van der Waals surface area contributed by atoms with E-state index in [1.165, 1.54) is 19.8 Å². The van der Waals surface area contributed by atoms with Crippen LogP contribution in [-0.4, -0.2) is 55.6 Å². The second kappa shape index (κ2) is 11.8. The Morgan fingerprint density at radius 2 is 1.90 bits per heavy atom. The van der Waals surface area contributed by atoms with Gasteiger partial charge >= 0.3 is 5.97 Å². The lowest BCUT2D eigenvalue weighted by Crippen LogP contribution is -2.38. The average Bonchev–Trinajstić information content (AvgIpc) is 3.15. The second-order valence-electron chi connectivity index (χ2n) is 8.15. The first kappa shape index (κ1) is 24.8. The van der Waals surface area contributed by atoms with Crippen molar-refractivity contribution in [1.29, 1.82) is 0 Å². The molecule has 0 aromatic heterocycles. The maximum atomic E-state index is 12.4. The first-order valence-corrected chi connectivity index (χ1v) is 10.5. The lowest BCUT2D eigenvalue weighted by molar-refractivity contribution is -0.147. The van der Waals surface area contributed by atoms with E-state index in [9.17, 15) is 14.7 Å². The molecule has 0 amide bonds. The number of methoxy groups -OCH3 is 2. The van der Waals surface area contributed by atoms with E-state index in [-0.39, 0.29) is 24.7 Å². The molecule has 7 heteroatoms.